The molecule has 2 aromatic rings. The Morgan fingerprint density at radius 3 is 1.50 bits per heavy atom. The quantitative estimate of drug-likeness (QED) is 0.263. The Bertz CT molecular complexity index is 740. The van der Waals surface area contributed by atoms with Gasteiger partial charge in [0.1, 0.15) is 0 Å². The summed E-state index contributed by atoms with van der Waals surface area (Å²) in [6.07, 6.45) is 10.3. The summed E-state index contributed by atoms with van der Waals surface area (Å²) in [4.78, 5) is 23.1. The molecule has 0 saturated carbocycles. The molecule has 174 valence electrons. The fourth-order valence-electron chi connectivity index (χ4n) is 4.52. The predicted molar refractivity (Wildman–Crippen MR) is 129 cm³/mol. The van der Waals surface area contributed by atoms with Crippen molar-refractivity contribution in [3.05, 3.63) is 71.8 Å². The Morgan fingerprint density at radius 1 is 0.594 bits per heavy atom. The lowest BCUT2D eigenvalue weighted by Gasteiger charge is -2.30. The van der Waals surface area contributed by atoms with E-state index in [2.05, 4.69) is 24.3 Å². The van der Waals surface area contributed by atoms with Crippen LogP contribution in [0.3, 0.4) is 0 Å². The molecule has 0 unspecified atom stereocenters. The monoisotopic (exact) mass is 438 g/mol. The van der Waals surface area contributed by atoms with E-state index >= 15 is 0 Å². The maximum Gasteiger partial charge on any atom is 0.309 e. The number of aliphatic carboxylic acids is 2. The minimum absolute atomic E-state index is 0.220. The molecule has 4 heteroatoms. The van der Waals surface area contributed by atoms with Gasteiger partial charge in [0.25, 0.3) is 0 Å². The standard InChI is InChI=1S/C28H38O4/c29-26(30)20-10-2-1-3-11-21-28(27(31)32,22-12-18-24-14-6-4-7-15-24)23-13-19-25-16-8-5-9-17-25/h4-9,14-17H,1-3,10-13,18-23H2,(H,29,30)(H,31,32). The molecule has 2 N–H and O–H groups in total. The number of carbonyl (C=O) groups is 2. The number of aryl methyl sites for hydroxylation is 2. The first-order valence-corrected chi connectivity index (χ1v) is 12.0. The third-order valence-corrected chi connectivity index (χ3v) is 6.43. The fourth-order valence-corrected chi connectivity index (χ4v) is 4.52. The van der Waals surface area contributed by atoms with Crippen molar-refractivity contribution in [1.29, 1.82) is 0 Å². The molecule has 0 fully saturated rings. The summed E-state index contributed by atoms with van der Waals surface area (Å²) in [5, 5.41) is 19.0. The SMILES string of the molecule is O=C(O)CCCCCCCC(CCCc1ccccc1)(CCCc1ccccc1)C(=O)O. The van der Waals surface area contributed by atoms with E-state index in [0.717, 1.165) is 51.4 Å². The van der Waals surface area contributed by atoms with Crippen LogP contribution in [0.15, 0.2) is 60.7 Å². The first kappa shape index (κ1) is 25.6. The molecule has 2 rings (SSSR count). The summed E-state index contributed by atoms with van der Waals surface area (Å²) >= 11 is 0. The fraction of sp³-hybridized carbons (Fsp3) is 0.500. The first-order valence-electron chi connectivity index (χ1n) is 12.0. The number of hydrogen-bond acceptors (Lipinski definition) is 2. The van der Waals surface area contributed by atoms with Crippen molar-refractivity contribution >= 4 is 11.9 Å². The lowest BCUT2D eigenvalue weighted by Crippen LogP contribution is -2.31. The second-order valence-corrected chi connectivity index (χ2v) is 8.93. The molecule has 0 amide bonds. The van der Waals surface area contributed by atoms with Crippen molar-refractivity contribution in [1.82, 2.24) is 0 Å². The molecular formula is C28H38O4. The third kappa shape index (κ3) is 9.67. The average Bonchev–Trinajstić information content (AvgIpc) is 2.79. The van der Waals surface area contributed by atoms with Crippen molar-refractivity contribution in [3.63, 3.8) is 0 Å². The smallest absolute Gasteiger partial charge is 0.309 e. The van der Waals surface area contributed by atoms with Gasteiger partial charge in [-0.15, -0.1) is 0 Å². The van der Waals surface area contributed by atoms with Gasteiger partial charge in [-0.1, -0.05) is 86.3 Å². The zero-order valence-electron chi connectivity index (χ0n) is 19.2. The van der Waals surface area contributed by atoms with E-state index in [4.69, 9.17) is 5.11 Å². The van der Waals surface area contributed by atoms with E-state index in [9.17, 15) is 14.7 Å². The summed E-state index contributed by atoms with van der Waals surface area (Å²) in [6, 6.07) is 20.6. The molecule has 0 atom stereocenters. The zero-order valence-corrected chi connectivity index (χ0v) is 19.2. The van der Waals surface area contributed by atoms with Crippen LogP contribution in [0.5, 0.6) is 0 Å². The van der Waals surface area contributed by atoms with Crippen LogP contribution in [0.2, 0.25) is 0 Å². The molecule has 0 aromatic heterocycles. The lowest BCUT2D eigenvalue weighted by molar-refractivity contribution is -0.150. The maximum atomic E-state index is 12.5. The van der Waals surface area contributed by atoms with Gasteiger partial charge in [0, 0.05) is 6.42 Å². The number of rotatable bonds is 17. The average molecular weight is 439 g/mol. The van der Waals surface area contributed by atoms with Gasteiger partial charge in [-0.3, -0.25) is 9.59 Å². The van der Waals surface area contributed by atoms with Gasteiger partial charge in [-0.25, -0.2) is 0 Å². The number of carboxylic acids is 2. The molecule has 32 heavy (non-hydrogen) atoms. The van der Waals surface area contributed by atoms with Crippen molar-refractivity contribution < 1.29 is 19.8 Å². The largest absolute Gasteiger partial charge is 0.481 e. The van der Waals surface area contributed by atoms with Crippen LogP contribution in [0.4, 0.5) is 0 Å². The minimum atomic E-state index is -0.744. The summed E-state index contributed by atoms with van der Waals surface area (Å²) in [7, 11) is 0. The van der Waals surface area contributed by atoms with Gasteiger partial charge in [0.15, 0.2) is 0 Å². The van der Waals surface area contributed by atoms with E-state index in [1.165, 1.54) is 11.1 Å². The molecule has 4 nitrogen and oxygen atoms in total. The van der Waals surface area contributed by atoms with Gasteiger partial charge in [-0.2, -0.15) is 0 Å². The van der Waals surface area contributed by atoms with Crippen LogP contribution >= 0.6 is 0 Å². The Hall–Kier alpha value is -2.62. The minimum Gasteiger partial charge on any atom is -0.481 e. The van der Waals surface area contributed by atoms with Crippen molar-refractivity contribution in [3.8, 4) is 0 Å². The van der Waals surface area contributed by atoms with Gasteiger partial charge < -0.3 is 10.2 Å². The number of hydrogen-bond donors (Lipinski definition) is 2. The second-order valence-electron chi connectivity index (χ2n) is 8.93. The van der Waals surface area contributed by atoms with E-state index in [-0.39, 0.29) is 6.42 Å². The lowest BCUT2D eigenvalue weighted by atomic mass is 9.74. The van der Waals surface area contributed by atoms with E-state index in [1.807, 2.05) is 36.4 Å². The van der Waals surface area contributed by atoms with E-state index < -0.39 is 17.4 Å². The van der Waals surface area contributed by atoms with E-state index in [1.54, 1.807) is 0 Å². The van der Waals surface area contributed by atoms with Crippen LogP contribution in [-0.4, -0.2) is 22.2 Å². The predicted octanol–water partition coefficient (Wildman–Crippen LogP) is 6.92. The summed E-state index contributed by atoms with van der Waals surface area (Å²) in [5.41, 5.74) is 1.84. The molecule has 0 heterocycles. The number of unbranched alkanes of at least 4 members (excludes halogenated alkanes) is 4. The summed E-state index contributed by atoms with van der Waals surface area (Å²) in [6.45, 7) is 0. The second kappa shape index (κ2) is 14.4. The molecule has 2 aromatic carbocycles. The Labute approximate surface area is 192 Å². The van der Waals surface area contributed by atoms with Crippen LogP contribution in [0.1, 0.15) is 81.8 Å². The topological polar surface area (TPSA) is 74.6 Å². The first-order chi connectivity index (χ1) is 15.5. The molecular weight excluding hydrogens is 400 g/mol. The third-order valence-electron chi connectivity index (χ3n) is 6.43. The van der Waals surface area contributed by atoms with Crippen LogP contribution < -0.4 is 0 Å². The Balaban J connectivity index is 1.90. The maximum absolute atomic E-state index is 12.5. The van der Waals surface area contributed by atoms with Crippen LogP contribution in [-0.2, 0) is 22.4 Å². The van der Waals surface area contributed by atoms with Crippen molar-refractivity contribution in [2.45, 2.75) is 83.5 Å². The molecule has 0 saturated heterocycles. The van der Waals surface area contributed by atoms with Gasteiger partial charge >= 0.3 is 11.9 Å². The molecule has 0 bridgehead atoms. The summed E-state index contributed by atoms with van der Waals surface area (Å²) in [5.74, 6) is -1.41. The zero-order chi connectivity index (χ0) is 23.1. The normalized spacial score (nSPS) is 11.4. The number of carboxylic acid groups (broad SMARTS) is 2. The Kier molecular flexibility index (Phi) is 11.6. The molecule has 0 radical (unpaired) electrons. The van der Waals surface area contributed by atoms with Gasteiger partial charge in [0.2, 0.25) is 0 Å². The highest BCUT2D eigenvalue weighted by atomic mass is 16.4. The van der Waals surface area contributed by atoms with Crippen LogP contribution in [0, 0.1) is 5.41 Å². The van der Waals surface area contributed by atoms with Gasteiger partial charge in [0.05, 0.1) is 5.41 Å². The van der Waals surface area contributed by atoms with Crippen molar-refractivity contribution in [2.24, 2.45) is 5.41 Å². The molecule has 0 aliphatic carbocycles. The highest BCUT2D eigenvalue weighted by molar-refractivity contribution is 5.74. The van der Waals surface area contributed by atoms with Crippen molar-refractivity contribution in [2.75, 3.05) is 0 Å². The molecule has 0 aliphatic heterocycles. The number of benzene rings is 2. The van der Waals surface area contributed by atoms with Gasteiger partial charge in [-0.05, 0) is 62.5 Å². The molecule has 0 spiro atoms. The summed E-state index contributed by atoms with van der Waals surface area (Å²) < 4.78 is 0. The Morgan fingerprint density at radius 2 is 1.03 bits per heavy atom. The van der Waals surface area contributed by atoms with E-state index in [0.29, 0.717) is 25.7 Å². The molecule has 0 aliphatic rings. The highest BCUT2D eigenvalue weighted by Gasteiger charge is 2.36. The highest BCUT2D eigenvalue weighted by Crippen LogP contribution is 2.37. The van der Waals surface area contributed by atoms with Crippen LogP contribution in [0.25, 0.3) is 0 Å².